The van der Waals surface area contributed by atoms with Crippen molar-refractivity contribution in [3.63, 3.8) is 0 Å². The van der Waals surface area contributed by atoms with Gasteiger partial charge in [0.1, 0.15) is 0 Å². The van der Waals surface area contributed by atoms with E-state index in [1.54, 1.807) is 11.1 Å². The molecule has 0 bridgehead atoms. The lowest BCUT2D eigenvalue weighted by Gasteiger charge is -2.13. The molecule has 4 atom stereocenters. The predicted molar refractivity (Wildman–Crippen MR) is 88.9 cm³/mol. The lowest BCUT2D eigenvalue weighted by molar-refractivity contribution is 0.622. The van der Waals surface area contributed by atoms with Crippen molar-refractivity contribution in [2.75, 3.05) is 0 Å². The van der Waals surface area contributed by atoms with Crippen LogP contribution in [0.15, 0.2) is 48.5 Å². The third kappa shape index (κ3) is 2.21. The molecule has 0 amide bonds. The Morgan fingerprint density at radius 3 is 2.62 bits per heavy atom. The zero-order valence-electron chi connectivity index (χ0n) is 12.4. The van der Waals surface area contributed by atoms with Crippen LogP contribution in [0.3, 0.4) is 0 Å². The van der Waals surface area contributed by atoms with Gasteiger partial charge >= 0.3 is 0 Å². The maximum absolute atomic E-state index is 6.84. The molecule has 2 aromatic carbocycles. The molecule has 0 spiro atoms. The lowest BCUT2D eigenvalue weighted by atomic mass is 9.92. The number of halogens is 1. The van der Waals surface area contributed by atoms with Crippen molar-refractivity contribution >= 4 is 11.6 Å². The Morgan fingerprint density at radius 2 is 1.86 bits per heavy atom. The molecule has 1 fully saturated rings. The maximum atomic E-state index is 6.84. The van der Waals surface area contributed by atoms with E-state index in [4.69, 9.17) is 11.6 Å². The van der Waals surface area contributed by atoms with E-state index < -0.39 is 0 Å². The second kappa shape index (κ2) is 5.18. The van der Waals surface area contributed by atoms with Crippen LogP contribution in [0, 0.1) is 11.8 Å². The highest BCUT2D eigenvalue weighted by atomic mass is 35.5. The van der Waals surface area contributed by atoms with Gasteiger partial charge in [0.25, 0.3) is 0 Å². The van der Waals surface area contributed by atoms with Crippen LogP contribution < -0.4 is 0 Å². The van der Waals surface area contributed by atoms with Gasteiger partial charge in [0.15, 0.2) is 0 Å². The second-order valence-corrected chi connectivity index (χ2v) is 6.97. The highest BCUT2D eigenvalue weighted by Crippen LogP contribution is 2.65. The number of hydrogen-bond acceptors (Lipinski definition) is 0. The van der Waals surface area contributed by atoms with Crippen molar-refractivity contribution < 1.29 is 0 Å². The zero-order valence-corrected chi connectivity index (χ0v) is 13.2. The minimum atomic E-state index is 0.164. The van der Waals surface area contributed by atoms with Gasteiger partial charge in [0, 0.05) is 0 Å². The van der Waals surface area contributed by atoms with E-state index >= 15 is 0 Å². The van der Waals surface area contributed by atoms with Crippen LogP contribution in [0.5, 0.6) is 0 Å². The summed E-state index contributed by atoms with van der Waals surface area (Å²) in [6.45, 7) is 2.19. The van der Waals surface area contributed by atoms with Gasteiger partial charge in [-0.25, -0.2) is 0 Å². The minimum Gasteiger partial charge on any atom is -0.117 e. The van der Waals surface area contributed by atoms with Gasteiger partial charge in [0.2, 0.25) is 0 Å². The largest absolute Gasteiger partial charge is 0.117 e. The van der Waals surface area contributed by atoms with Crippen LogP contribution in [-0.4, -0.2) is 0 Å². The first-order valence-electron chi connectivity index (χ1n) is 8.10. The van der Waals surface area contributed by atoms with Gasteiger partial charge in [-0.2, -0.15) is 0 Å². The Balaban J connectivity index is 1.58. The van der Waals surface area contributed by atoms with Crippen molar-refractivity contribution in [2.24, 2.45) is 11.8 Å². The fraction of sp³-hybridized carbons (Fsp3) is 0.400. The van der Waals surface area contributed by atoms with Crippen LogP contribution in [0.1, 0.15) is 46.9 Å². The lowest BCUT2D eigenvalue weighted by Crippen LogP contribution is -2.00. The summed E-state index contributed by atoms with van der Waals surface area (Å²) >= 11 is 6.84. The third-order valence-corrected chi connectivity index (χ3v) is 5.98. The molecular weight excluding hydrogens is 276 g/mol. The molecule has 1 heteroatoms. The van der Waals surface area contributed by atoms with E-state index in [0.29, 0.717) is 11.8 Å². The van der Waals surface area contributed by atoms with Gasteiger partial charge in [0.05, 0.1) is 5.38 Å². The summed E-state index contributed by atoms with van der Waals surface area (Å²) in [5.74, 6) is 2.12. The van der Waals surface area contributed by atoms with Crippen molar-refractivity contribution in [3.05, 3.63) is 70.8 Å². The highest BCUT2D eigenvalue weighted by molar-refractivity contribution is 6.21. The topological polar surface area (TPSA) is 0 Å². The van der Waals surface area contributed by atoms with E-state index in [2.05, 4.69) is 55.5 Å². The molecule has 4 unspecified atom stereocenters. The van der Waals surface area contributed by atoms with Gasteiger partial charge in [-0.05, 0) is 59.3 Å². The molecule has 2 aliphatic carbocycles. The fourth-order valence-electron chi connectivity index (χ4n) is 4.18. The summed E-state index contributed by atoms with van der Waals surface area (Å²) in [5, 5.41) is 0.164. The molecule has 2 aromatic rings. The number of alkyl halides is 1. The monoisotopic (exact) mass is 296 g/mol. The minimum absolute atomic E-state index is 0.164. The summed E-state index contributed by atoms with van der Waals surface area (Å²) in [6.07, 6.45) is 3.63. The summed E-state index contributed by atoms with van der Waals surface area (Å²) in [6, 6.07) is 17.9. The molecule has 0 aliphatic heterocycles. The molecule has 0 aromatic heterocycles. The summed E-state index contributed by atoms with van der Waals surface area (Å²) in [7, 11) is 0. The van der Waals surface area contributed by atoms with Crippen molar-refractivity contribution in [2.45, 2.75) is 37.5 Å². The molecule has 0 saturated heterocycles. The molecule has 0 N–H and O–H groups in total. The predicted octanol–water partition coefficient (Wildman–Crippen LogP) is 5.50. The first-order valence-corrected chi connectivity index (χ1v) is 8.54. The Morgan fingerprint density at radius 1 is 1.10 bits per heavy atom. The molecule has 21 heavy (non-hydrogen) atoms. The fourth-order valence-corrected chi connectivity index (χ4v) is 4.67. The van der Waals surface area contributed by atoms with Crippen LogP contribution in [0.25, 0.3) is 0 Å². The third-order valence-electron chi connectivity index (χ3n) is 5.44. The number of hydrogen-bond donors (Lipinski definition) is 0. The van der Waals surface area contributed by atoms with Gasteiger partial charge in [-0.15, -0.1) is 11.6 Å². The number of benzene rings is 2. The Labute approximate surface area is 132 Å². The number of aryl methyl sites for hydroxylation is 2. The number of fused-ring (bicyclic) bond motifs is 3. The quantitative estimate of drug-likeness (QED) is 0.656. The molecule has 2 aliphatic rings. The average Bonchev–Trinajstić information content (AvgIpc) is 3.29. The van der Waals surface area contributed by atoms with E-state index in [0.717, 1.165) is 12.3 Å². The SMILES string of the molecule is CCc1ccc(C(Cl)C2C3CCc4ccccc4C32)cc1. The van der Waals surface area contributed by atoms with E-state index in [1.807, 2.05) is 0 Å². The van der Waals surface area contributed by atoms with Gasteiger partial charge < -0.3 is 0 Å². The summed E-state index contributed by atoms with van der Waals surface area (Å²) in [4.78, 5) is 0. The molecule has 108 valence electrons. The van der Waals surface area contributed by atoms with Crippen LogP contribution in [0.4, 0.5) is 0 Å². The second-order valence-electron chi connectivity index (χ2n) is 6.50. The summed E-state index contributed by atoms with van der Waals surface area (Å²) < 4.78 is 0. The van der Waals surface area contributed by atoms with Crippen LogP contribution >= 0.6 is 11.6 Å². The molecule has 4 rings (SSSR count). The molecule has 0 nitrogen and oxygen atoms in total. The maximum Gasteiger partial charge on any atom is 0.0622 e. The molecular formula is C20H21Cl. The molecule has 0 radical (unpaired) electrons. The number of rotatable bonds is 3. The Bertz CT molecular complexity index is 643. The van der Waals surface area contributed by atoms with Crippen molar-refractivity contribution in [1.82, 2.24) is 0 Å². The molecule has 0 heterocycles. The first kappa shape index (κ1) is 13.4. The molecule has 1 saturated carbocycles. The highest BCUT2D eigenvalue weighted by Gasteiger charge is 2.56. The van der Waals surface area contributed by atoms with Crippen LogP contribution in [0.2, 0.25) is 0 Å². The standard InChI is InChI=1S/C20H21Cl/c1-2-13-7-9-15(10-8-13)20(21)19-17-12-11-14-5-3-4-6-16(14)18(17)19/h3-10,17-20H,2,11-12H2,1H3. The first-order chi connectivity index (χ1) is 10.3. The van der Waals surface area contributed by atoms with E-state index in [9.17, 15) is 0 Å². The normalized spacial score (nSPS) is 27.6. The summed E-state index contributed by atoms with van der Waals surface area (Å²) in [5.41, 5.74) is 5.80. The van der Waals surface area contributed by atoms with Gasteiger partial charge in [-0.3, -0.25) is 0 Å². The Hall–Kier alpha value is -1.27. The van der Waals surface area contributed by atoms with Crippen LogP contribution in [-0.2, 0) is 12.8 Å². The van der Waals surface area contributed by atoms with Crippen molar-refractivity contribution in [1.29, 1.82) is 0 Å². The average molecular weight is 297 g/mol. The Kier molecular flexibility index (Phi) is 3.30. The van der Waals surface area contributed by atoms with Crippen molar-refractivity contribution in [3.8, 4) is 0 Å². The smallest absolute Gasteiger partial charge is 0.0622 e. The zero-order chi connectivity index (χ0) is 14.4. The van der Waals surface area contributed by atoms with Gasteiger partial charge in [-0.1, -0.05) is 55.5 Å². The van der Waals surface area contributed by atoms with E-state index in [1.165, 1.54) is 24.0 Å². The van der Waals surface area contributed by atoms with E-state index in [-0.39, 0.29) is 5.38 Å².